The molecule has 1 amide bonds. The Kier molecular flexibility index (Phi) is 5.07. The maximum absolute atomic E-state index is 12.3. The molecular formula is C14H10Br2ClNO2. The fourth-order valence-electron chi connectivity index (χ4n) is 1.70. The van der Waals surface area contributed by atoms with Crippen LogP contribution in [0.2, 0.25) is 5.02 Å². The summed E-state index contributed by atoms with van der Waals surface area (Å²) in [5.74, 6) is 0.278. The monoisotopic (exact) mass is 417 g/mol. The average molecular weight is 420 g/mol. The normalized spacial score (nSPS) is 10.2. The van der Waals surface area contributed by atoms with Gasteiger partial charge in [0.1, 0.15) is 0 Å². The molecule has 0 atom stereocenters. The molecule has 3 nitrogen and oxygen atoms in total. The number of rotatable bonds is 3. The van der Waals surface area contributed by atoms with E-state index >= 15 is 0 Å². The molecule has 0 bridgehead atoms. The van der Waals surface area contributed by atoms with Gasteiger partial charge in [-0.2, -0.15) is 0 Å². The van der Waals surface area contributed by atoms with E-state index in [1.807, 2.05) is 6.07 Å². The Morgan fingerprint density at radius 2 is 1.90 bits per heavy atom. The van der Waals surface area contributed by atoms with Gasteiger partial charge in [0.2, 0.25) is 0 Å². The van der Waals surface area contributed by atoms with Crippen molar-refractivity contribution in [1.82, 2.24) is 0 Å². The molecule has 20 heavy (non-hydrogen) atoms. The third-order valence-electron chi connectivity index (χ3n) is 2.58. The van der Waals surface area contributed by atoms with Gasteiger partial charge in [-0.3, -0.25) is 4.79 Å². The van der Waals surface area contributed by atoms with E-state index in [0.717, 1.165) is 4.47 Å². The number of anilines is 1. The van der Waals surface area contributed by atoms with E-state index in [9.17, 15) is 4.79 Å². The number of nitrogens with one attached hydrogen (secondary N) is 1. The van der Waals surface area contributed by atoms with Crippen molar-refractivity contribution < 1.29 is 9.53 Å². The molecule has 0 aliphatic heterocycles. The lowest BCUT2D eigenvalue weighted by Gasteiger charge is -2.13. The van der Waals surface area contributed by atoms with Gasteiger partial charge in [0.05, 0.1) is 22.8 Å². The van der Waals surface area contributed by atoms with Crippen molar-refractivity contribution in [2.24, 2.45) is 0 Å². The Balaban J connectivity index is 2.35. The van der Waals surface area contributed by atoms with Crippen molar-refractivity contribution in [2.45, 2.75) is 0 Å². The Bertz CT molecular complexity index is 662. The molecule has 2 rings (SSSR count). The summed E-state index contributed by atoms with van der Waals surface area (Å²) in [5.41, 5.74) is 1.04. The summed E-state index contributed by atoms with van der Waals surface area (Å²) < 4.78 is 6.66. The van der Waals surface area contributed by atoms with Crippen LogP contribution in [0, 0.1) is 0 Å². The zero-order chi connectivity index (χ0) is 14.7. The van der Waals surface area contributed by atoms with Gasteiger partial charge in [0, 0.05) is 9.50 Å². The molecule has 0 aliphatic rings. The number of ether oxygens (including phenoxy) is 1. The number of methoxy groups -OCH3 is 1. The zero-order valence-electron chi connectivity index (χ0n) is 10.4. The maximum Gasteiger partial charge on any atom is 0.256 e. The summed E-state index contributed by atoms with van der Waals surface area (Å²) in [5, 5.41) is 3.29. The third kappa shape index (κ3) is 3.34. The third-order valence-corrected chi connectivity index (χ3v) is 4.08. The number of carbonyl (C=O) groups is 1. The largest absolute Gasteiger partial charge is 0.493 e. The van der Waals surface area contributed by atoms with Gasteiger partial charge in [0.25, 0.3) is 5.91 Å². The van der Waals surface area contributed by atoms with Crippen molar-refractivity contribution >= 4 is 55.1 Å². The molecule has 0 heterocycles. The highest BCUT2D eigenvalue weighted by molar-refractivity contribution is 9.10. The zero-order valence-corrected chi connectivity index (χ0v) is 14.3. The number of halogens is 3. The average Bonchev–Trinajstić information content (AvgIpc) is 2.38. The summed E-state index contributed by atoms with van der Waals surface area (Å²) in [7, 11) is 1.53. The molecule has 0 spiro atoms. The minimum Gasteiger partial charge on any atom is -0.493 e. The highest BCUT2D eigenvalue weighted by Crippen LogP contribution is 2.36. The van der Waals surface area contributed by atoms with Crippen molar-refractivity contribution in [1.29, 1.82) is 0 Å². The molecule has 2 aromatic carbocycles. The van der Waals surface area contributed by atoms with E-state index in [-0.39, 0.29) is 5.91 Å². The minimum absolute atomic E-state index is 0.245. The van der Waals surface area contributed by atoms with Crippen LogP contribution in [0.5, 0.6) is 5.75 Å². The van der Waals surface area contributed by atoms with Gasteiger partial charge >= 0.3 is 0 Å². The van der Waals surface area contributed by atoms with Crippen LogP contribution in [-0.2, 0) is 0 Å². The molecule has 0 saturated carbocycles. The molecular weight excluding hydrogens is 409 g/mol. The molecule has 104 valence electrons. The fourth-order valence-corrected chi connectivity index (χ4v) is 3.13. The Hall–Kier alpha value is -1.04. The van der Waals surface area contributed by atoms with Crippen LogP contribution in [0.4, 0.5) is 5.69 Å². The molecule has 0 radical (unpaired) electrons. The van der Waals surface area contributed by atoms with E-state index in [4.69, 9.17) is 16.3 Å². The second-order valence-corrected chi connectivity index (χ2v) is 6.05. The van der Waals surface area contributed by atoms with E-state index in [2.05, 4.69) is 37.2 Å². The predicted octanol–water partition coefficient (Wildman–Crippen LogP) is 5.13. The van der Waals surface area contributed by atoms with Crippen molar-refractivity contribution in [3.63, 3.8) is 0 Å². The van der Waals surface area contributed by atoms with E-state index < -0.39 is 0 Å². The highest BCUT2D eigenvalue weighted by atomic mass is 79.9. The first-order valence-corrected chi connectivity index (χ1v) is 7.58. The lowest BCUT2D eigenvalue weighted by molar-refractivity contribution is 0.102. The van der Waals surface area contributed by atoms with Crippen LogP contribution < -0.4 is 10.1 Å². The number of amides is 1. The van der Waals surface area contributed by atoms with Crippen LogP contribution in [0.15, 0.2) is 45.3 Å². The summed E-state index contributed by atoms with van der Waals surface area (Å²) in [4.78, 5) is 12.3. The summed E-state index contributed by atoms with van der Waals surface area (Å²) in [6.07, 6.45) is 0. The van der Waals surface area contributed by atoms with Crippen LogP contribution in [0.3, 0.4) is 0 Å². The van der Waals surface area contributed by atoms with Crippen molar-refractivity contribution in [2.75, 3.05) is 12.4 Å². The van der Waals surface area contributed by atoms with Gasteiger partial charge < -0.3 is 10.1 Å². The molecule has 6 heteroatoms. The highest BCUT2D eigenvalue weighted by Gasteiger charge is 2.15. The van der Waals surface area contributed by atoms with Gasteiger partial charge in [-0.25, -0.2) is 0 Å². The van der Waals surface area contributed by atoms with Crippen LogP contribution in [-0.4, -0.2) is 13.0 Å². The van der Waals surface area contributed by atoms with Crippen LogP contribution >= 0.6 is 43.5 Å². The Morgan fingerprint density at radius 3 is 2.55 bits per heavy atom. The van der Waals surface area contributed by atoms with Gasteiger partial charge in [-0.05, 0) is 56.1 Å². The maximum atomic E-state index is 12.3. The molecule has 1 N–H and O–H groups in total. The Labute approximate surface area is 138 Å². The summed E-state index contributed by atoms with van der Waals surface area (Å²) in [6, 6.07) is 10.5. The first-order chi connectivity index (χ1) is 9.52. The first-order valence-electron chi connectivity index (χ1n) is 5.62. The molecule has 0 saturated heterocycles. The summed E-state index contributed by atoms with van der Waals surface area (Å²) >= 11 is 12.7. The first kappa shape index (κ1) is 15.4. The number of benzene rings is 2. The second-order valence-electron chi connectivity index (χ2n) is 3.90. The molecule has 0 aliphatic carbocycles. The lowest BCUT2D eigenvalue weighted by Crippen LogP contribution is -2.13. The van der Waals surface area contributed by atoms with Crippen LogP contribution in [0.25, 0.3) is 0 Å². The predicted molar refractivity (Wildman–Crippen MR) is 87.8 cm³/mol. The van der Waals surface area contributed by atoms with Gasteiger partial charge in [-0.1, -0.05) is 23.7 Å². The number of hydrogen-bond acceptors (Lipinski definition) is 2. The van der Waals surface area contributed by atoms with E-state index in [1.54, 1.807) is 30.3 Å². The molecule has 2 aromatic rings. The number of hydrogen-bond donors (Lipinski definition) is 1. The SMILES string of the molecule is COc1c(Br)cc(Cl)cc1NC(=O)c1ccccc1Br. The molecule has 0 aromatic heterocycles. The number of carbonyl (C=O) groups excluding carboxylic acids is 1. The Morgan fingerprint density at radius 1 is 1.20 bits per heavy atom. The topological polar surface area (TPSA) is 38.3 Å². The smallest absolute Gasteiger partial charge is 0.256 e. The van der Waals surface area contributed by atoms with Gasteiger partial charge in [-0.15, -0.1) is 0 Å². The van der Waals surface area contributed by atoms with Crippen molar-refractivity contribution in [3.05, 3.63) is 55.9 Å². The van der Waals surface area contributed by atoms with Crippen LogP contribution in [0.1, 0.15) is 10.4 Å². The fraction of sp³-hybridized carbons (Fsp3) is 0.0714. The van der Waals surface area contributed by atoms with E-state index in [0.29, 0.717) is 26.5 Å². The molecule has 0 unspecified atom stereocenters. The lowest BCUT2D eigenvalue weighted by atomic mass is 10.2. The standard InChI is InChI=1S/C14H10Br2ClNO2/c1-20-13-11(16)6-8(17)7-12(13)18-14(19)9-4-2-3-5-10(9)15/h2-7H,1H3,(H,18,19). The van der Waals surface area contributed by atoms with Gasteiger partial charge in [0.15, 0.2) is 5.75 Å². The van der Waals surface area contributed by atoms with Crippen molar-refractivity contribution in [3.8, 4) is 5.75 Å². The van der Waals surface area contributed by atoms with E-state index in [1.165, 1.54) is 7.11 Å². The quantitative estimate of drug-likeness (QED) is 0.749. The minimum atomic E-state index is -0.245. The molecule has 0 fully saturated rings. The second kappa shape index (κ2) is 6.61. The summed E-state index contributed by atoms with van der Waals surface area (Å²) in [6.45, 7) is 0.